The van der Waals surface area contributed by atoms with Gasteiger partial charge in [-0.1, -0.05) is 33.6 Å². The smallest absolute Gasteiger partial charge is 0.0947 e. The highest BCUT2D eigenvalue weighted by Crippen LogP contribution is 2.25. The first-order valence-electron chi connectivity index (χ1n) is 6.44. The summed E-state index contributed by atoms with van der Waals surface area (Å²) in [5.74, 6) is 0.682. The SMILES string of the molecule is CCCNC(c1cn(C)cn1)C(CC)CC. The van der Waals surface area contributed by atoms with Gasteiger partial charge in [0.2, 0.25) is 0 Å². The molecule has 3 nitrogen and oxygen atoms in total. The maximum atomic E-state index is 4.49. The highest BCUT2D eigenvalue weighted by atomic mass is 15.0. The summed E-state index contributed by atoms with van der Waals surface area (Å²) >= 11 is 0. The molecule has 0 spiro atoms. The minimum Gasteiger partial charge on any atom is -0.340 e. The van der Waals surface area contributed by atoms with E-state index in [4.69, 9.17) is 0 Å². The van der Waals surface area contributed by atoms with Gasteiger partial charge in [-0.15, -0.1) is 0 Å². The van der Waals surface area contributed by atoms with Crippen molar-refractivity contribution in [3.63, 3.8) is 0 Å². The van der Waals surface area contributed by atoms with E-state index in [1.807, 2.05) is 17.9 Å². The van der Waals surface area contributed by atoms with Crippen LogP contribution in [0.3, 0.4) is 0 Å². The molecule has 1 heterocycles. The second-order valence-corrected chi connectivity index (χ2v) is 4.47. The van der Waals surface area contributed by atoms with Crippen LogP contribution in [-0.4, -0.2) is 16.1 Å². The standard InChI is InChI=1S/C13H25N3/c1-5-8-14-13(11(6-2)7-3)12-9-16(4)10-15-12/h9-11,13-14H,5-8H2,1-4H3. The van der Waals surface area contributed by atoms with Crippen LogP contribution in [0.25, 0.3) is 0 Å². The molecule has 1 N–H and O–H groups in total. The first-order chi connectivity index (χ1) is 7.72. The van der Waals surface area contributed by atoms with E-state index in [9.17, 15) is 0 Å². The van der Waals surface area contributed by atoms with E-state index in [1.165, 1.54) is 25.0 Å². The number of nitrogens with zero attached hydrogens (tertiary/aromatic N) is 2. The third kappa shape index (κ3) is 3.34. The van der Waals surface area contributed by atoms with Crippen molar-refractivity contribution in [2.75, 3.05) is 6.54 Å². The van der Waals surface area contributed by atoms with Gasteiger partial charge in [0.25, 0.3) is 0 Å². The maximum absolute atomic E-state index is 4.49. The fraction of sp³-hybridized carbons (Fsp3) is 0.769. The van der Waals surface area contributed by atoms with Gasteiger partial charge >= 0.3 is 0 Å². The molecule has 1 atom stereocenters. The Morgan fingerprint density at radius 2 is 2.00 bits per heavy atom. The molecule has 1 aromatic rings. The summed E-state index contributed by atoms with van der Waals surface area (Å²) < 4.78 is 2.03. The van der Waals surface area contributed by atoms with Crippen LogP contribution in [-0.2, 0) is 7.05 Å². The van der Waals surface area contributed by atoms with Gasteiger partial charge in [0.1, 0.15) is 0 Å². The second-order valence-electron chi connectivity index (χ2n) is 4.47. The van der Waals surface area contributed by atoms with Gasteiger partial charge in [0.15, 0.2) is 0 Å². The Morgan fingerprint density at radius 1 is 1.31 bits per heavy atom. The summed E-state index contributed by atoms with van der Waals surface area (Å²) in [5.41, 5.74) is 1.18. The number of aromatic nitrogens is 2. The predicted molar refractivity (Wildman–Crippen MR) is 68.3 cm³/mol. The zero-order chi connectivity index (χ0) is 12.0. The summed E-state index contributed by atoms with van der Waals surface area (Å²) in [6, 6.07) is 0.413. The van der Waals surface area contributed by atoms with Crippen molar-refractivity contribution < 1.29 is 0 Å². The summed E-state index contributed by atoms with van der Waals surface area (Å²) in [6.07, 6.45) is 7.59. The molecule has 0 saturated carbocycles. The third-order valence-corrected chi connectivity index (χ3v) is 3.18. The van der Waals surface area contributed by atoms with Crippen molar-refractivity contribution in [2.24, 2.45) is 13.0 Å². The van der Waals surface area contributed by atoms with Gasteiger partial charge in [0, 0.05) is 13.2 Å². The zero-order valence-corrected chi connectivity index (χ0v) is 11.0. The Balaban J connectivity index is 2.77. The van der Waals surface area contributed by atoms with Crippen molar-refractivity contribution in [3.8, 4) is 0 Å². The van der Waals surface area contributed by atoms with E-state index in [1.54, 1.807) is 0 Å². The Labute approximate surface area is 99.3 Å². The maximum Gasteiger partial charge on any atom is 0.0947 e. The Kier molecular flexibility index (Phi) is 5.53. The highest BCUT2D eigenvalue weighted by molar-refractivity contribution is 5.05. The number of rotatable bonds is 7. The number of hydrogen-bond donors (Lipinski definition) is 1. The van der Waals surface area contributed by atoms with Crippen LogP contribution in [0.15, 0.2) is 12.5 Å². The number of aryl methyl sites for hydroxylation is 1. The zero-order valence-electron chi connectivity index (χ0n) is 11.0. The minimum atomic E-state index is 0.413. The van der Waals surface area contributed by atoms with Gasteiger partial charge < -0.3 is 9.88 Å². The molecule has 0 aliphatic heterocycles. The van der Waals surface area contributed by atoms with E-state index in [2.05, 4.69) is 37.3 Å². The van der Waals surface area contributed by atoms with E-state index in [0.717, 1.165) is 6.54 Å². The monoisotopic (exact) mass is 223 g/mol. The lowest BCUT2D eigenvalue weighted by Crippen LogP contribution is -2.29. The van der Waals surface area contributed by atoms with Crippen molar-refractivity contribution in [1.82, 2.24) is 14.9 Å². The van der Waals surface area contributed by atoms with Crippen LogP contribution >= 0.6 is 0 Å². The summed E-state index contributed by atoms with van der Waals surface area (Å²) in [5, 5.41) is 3.63. The van der Waals surface area contributed by atoms with Crippen LogP contribution in [0.4, 0.5) is 0 Å². The molecule has 0 amide bonds. The molecule has 0 bridgehead atoms. The first kappa shape index (κ1) is 13.2. The normalized spacial score (nSPS) is 13.3. The molecule has 0 aliphatic carbocycles. The molecule has 92 valence electrons. The highest BCUT2D eigenvalue weighted by Gasteiger charge is 2.21. The summed E-state index contributed by atoms with van der Waals surface area (Å²) in [6.45, 7) is 7.79. The largest absolute Gasteiger partial charge is 0.340 e. The quantitative estimate of drug-likeness (QED) is 0.770. The molecular formula is C13H25N3. The molecular weight excluding hydrogens is 198 g/mol. The average Bonchev–Trinajstić information content (AvgIpc) is 2.71. The van der Waals surface area contributed by atoms with Crippen molar-refractivity contribution >= 4 is 0 Å². The summed E-state index contributed by atoms with van der Waals surface area (Å²) in [7, 11) is 2.03. The molecule has 1 unspecified atom stereocenters. The summed E-state index contributed by atoms with van der Waals surface area (Å²) in [4.78, 5) is 4.49. The van der Waals surface area contributed by atoms with E-state index >= 15 is 0 Å². The van der Waals surface area contributed by atoms with Gasteiger partial charge in [-0.3, -0.25) is 0 Å². The van der Waals surface area contributed by atoms with Crippen LogP contribution in [0.2, 0.25) is 0 Å². The Hall–Kier alpha value is -0.830. The van der Waals surface area contributed by atoms with Gasteiger partial charge in [-0.2, -0.15) is 0 Å². The van der Waals surface area contributed by atoms with E-state index in [0.29, 0.717) is 12.0 Å². The van der Waals surface area contributed by atoms with Crippen molar-refractivity contribution in [2.45, 2.75) is 46.1 Å². The molecule has 1 rings (SSSR count). The molecule has 0 radical (unpaired) electrons. The Morgan fingerprint density at radius 3 is 2.44 bits per heavy atom. The van der Waals surface area contributed by atoms with Crippen molar-refractivity contribution in [3.05, 3.63) is 18.2 Å². The third-order valence-electron chi connectivity index (χ3n) is 3.18. The molecule has 1 aromatic heterocycles. The molecule has 0 saturated heterocycles. The number of nitrogens with one attached hydrogen (secondary N) is 1. The van der Waals surface area contributed by atoms with Crippen LogP contribution < -0.4 is 5.32 Å². The molecule has 0 aliphatic rings. The second kappa shape index (κ2) is 6.69. The number of hydrogen-bond acceptors (Lipinski definition) is 2. The van der Waals surface area contributed by atoms with Gasteiger partial charge in [-0.05, 0) is 18.9 Å². The molecule has 0 aromatic carbocycles. The van der Waals surface area contributed by atoms with Crippen LogP contribution in [0.1, 0.15) is 51.8 Å². The molecule has 16 heavy (non-hydrogen) atoms. The fourth-order valence-electron chi connectivity index (χ4n) is 2.17. The number of imidazole rings is 1. The first-order valence-corrected chi connectivity index (χ1v) is 6.44. The van der Waals surface area contributed by atoms with Gasteiger partial charge in [0.05, 0.1) is 18.1 Å². The molecule has 3 heteroatoms. The predicted octanol–water partition coefficient (Wildman–Crippen LogP) is 2.90. The Bertz CT molecular complexity index is 289. The minimum absolute atomic E-state index is 0.413. The van der Waals surface area contributed by atoms with Crippen LogP contribution in [0.5, 0.6) is 0 Å². The van der Waals surface area contributed by atoms with Crippen LogP contribution in [0, 0.1) is 5.92 Å². The lowest BCUT2D eigenvalue weighted by molar-refractivity contribution is 0.336. The lowest BCUT2D eigenvalue weighted by atomic mass is 9.92. The van der Waals surface area contributed by atoms with Crippen molar-refractivity contribution in [1.29, 1.82) is 0 Å². The van der Waals surface area contributed by atoms with Gasteiger partial charge in [-0.25, -0.2) is 4.98 Å². The lowest BCUT2D eigenvalue weighted by Gasteiger charge is -2.24. The fourth-order valence-corrected chi connectivity index (χ4v) is 2.17. The van der Waals surface area contributed by atoms with E-state index in [-0.39, 0.29) is 0 Å². The topological polar surface area (TPSA) is 29.9 Å². The average molecular weight is 223 g/mol. The van der Waals surface area contributed by atoms with E-state index < -0.39 is 0 Å². The molecule has 0 fully saturated rings.